The lowest BCUT2D eigenvalue weighted by atomic mass is 10.0. The van der Waals surface area contributed by atoms with Gasteiger partial charge in [-0.3, -0.25) is 9.80 Å². The highest BCUT2D eigenvalue weighted by Crippen LogP contribution is 2.33. The van der Waals surface area contributed by atoms with Gasteiger partial charge < -0.3 is 4.90 Å². The molecule has 0 saturated carbocycles. The van der Waals surface area contributed by atoms with Crippen LogP contribution in [0, 0.1) is 0 Å². The highest BCUT2D eigenvalue weighted by atomic mass is 35.5. The third-order valence-corrected chi connectivity index (χ3v) is 6.39. The van der Waals surface area contributed by atoms with Gasteiger partial charge in [0, 0.05) is 56.0 Å². The van der Waals surface area contributed by atoms with Gasteiger partial charge in [-0.05, 0) is 59.5 Å². The fourth-order valence-corrected chi connectivity index (χ4v) is 4.55. The number of anilines is 1. The zero-order valence-corrected chi connectivity index (χ0v) is 19.7. The van der Waals surface area contributed by atoms with Gasteiger partial charge in [0.05, 0.1) is 6.17 Å². The third kappa shape index (κ3) is 5.61. The van der Waals surface area contributed by atoms with Crippen LogP contribution >= 0.6 is 23.2 Å². The van der Waals surface area contributed by atoms with Gasteiger partial charge in [-0.1, -0.05) is 59.6 Å². The molecular weight excluding hydrogens is 425 g/mol. The Morgan fingerprint density at radius 2 is 1.16 bits per heavy atom. The van der Waals surface area contributed by atoms with E-state index >= 15 is 0 Å². The quantitative estimate of drug-likeness (QED) is 0.423. The summed E-state index contributed by atoms with van der Waals surface area (Å²) in [5.41, 5.74) is 5.11. The van der Waals surface area contributed by atoms with Crippen LogP contribution in [0.3, 0.4) is 0 Å². The molecule has 3 aromatic rings. The van der Waals surface area contributed by atoms with Crippen molar-refractivity contribution in [3.63, 3.8) is 0 Å². The standard InChI is InChI=1S/C26H29Cl2N3/c1-29(2)25-14-8-22(9-15-25)26-30(18-20-4-10-23(27)11-5-20)16-3-17-31(26)19-21-6-12-24(28)13-7-21/h4-15,26H,3,16-19H2,1-2H3. The largest absolute Gasteiger partial charge is 0.378 e. The Labute approximate surface area is 195 Å². The summed E-state index contributed by atoms with van der Waals surface area (Å²) < 4.78 is 0. The van der Waals surface area contributed by atoms with Gasteiger partial charge in [-0.15, -0.1) is 0 Å². The van der Waals surface area contributed by atoms with E-state index in [1.54, 1.807) is 0 Å². The molecule has 0 unspecified atom stereocenters. The van der Waals surface area contributed by atoms with E-state index < -0.39 is 0 Å². The van der Waals surface area contributed by atoms with Crippen LogP contribution in [0.15, 0.2) is 72.8 Å². The fraction of sp³-hybridized carbons (Fsp3) is 0.308. The maximum Gasteiger partial charge on any atom is 0.0892 e. The van der Waals surface area contributed by atoms with Crippen LogP contribution in [0.25, 0.3) is 0 Å². The Bertz CT molecular complexity index is 914. The molecule has 0 aromatic heterocycles. The van der Waals surface area contributed by atoms with E-state index in [0.717, 1.165) is 42.6 Å². The van der Waals surface area contributed by atoms with E-state index in [2.05, 4.69) is 77.3 Å². The second-order valence-corrected chi connectivity index (χ2v) is 9.28. The molecule has 3 aromatic carbocycles. The smallest absolute Gasteiger partial charge is 0.0892 e. The molecule has 31 heavy (non-hydrogen) atoms. The molecule has 0 radical (unpaired) electrons. The van der Waals surface area contributed by atoms with Gasteiger partial charge in [0.25, 0.3) is 0 Å². The van der Waals surface area contributed by atoms with E-state index in [1.807, 2.05) is 24.3 Å². The van der Waals surface area contributed by atoms with Gasteiger partial charge in [-0.25, -0.2) is 0 Å². The zero-order valence-electron chi connectivity index (χ0n) is 18.1. The van der Waals surface area contributed by atoms with Crippen molar-refractivity contribution in [1.82, 2.24) is 9.80 Å². The van der Waals surface area contributed by atoms with Gasteiger partial charge in [0.15, 0.2) is 0 Å². The lowest BCUT2D eigenvalue weighted by Gasteiger charge is -2.44. The van der Waals surface area contributed by atoms with Crippen molar-refractivity contribution < 1.29 is 0 Å². The lowest BCUT2D eigenvalue weighted by molar-refractivity contribution is -0.00908. The molecular formula is C26H29Cl2N3. The van der Waals surface area contributed by atoms with Crippen molar-refractivity contribution in [1.29, 1.82) is 0 Å². The van der Waals surface area contributed by atoms with Crippen molar-refractivity contribution in [3.8, 4) is 0 Å². The minimum atomic E-state index is 0.219. The number of hydrogen-bond acceptors (Lipinski definition) is 3. The summed E-state index contributed by atoms with van der Waals surface area (Å²) in [6.45, 7) is 3.93. The Morgan fingerprint density at radius 1 is 0.710 bits per heavy atom. The summed E-state index contributed by atoms with van der Waals surface area (Å²) in [5, 5.41) is 1.56. The number of halogens is 2. The number of nitrogens with zero attached hydrogens (tertiary/aromatic N) is 3. The second kappa shape index (κ2) is 10.1. The molecule has 1 aliphatic rings. The molecule has 3 nitrogen and oxygen atoms in total. The first-order chi connectivity index (χ1) is 15.0. The van der Waals surface area contributed by atoms with E-state index in [1.165, 1.54) is 22.4 Å². The van der Waals surface area contributed by atoms with Crippen LogP contribution in [0.5, 0.6) is 0 Å². The van der Waals surface area contributed by atoms with Crippen molar-refractivity contribution in [2.75, 3.05) is 32.1 Å². The molecule has 1 aliphatic heterocycles. The topological polar surface area (TPSA) is 9.72 Å². The Balaban J connectivity index is 1.63. The Hall–Kier alpha value is -2.04. The molecule has 0 N–H and O–H groups in total. The Morgan fingerprint density at radius 3 is 1.58 bits per heavy atom. The molecule has 1 fully saturated rings. The van der Waals surface area contributed by atoms with Crippen LogP contribution in [0.1, 0.15) is 29.3 Å². The highest BCUT2D eigenvalue weighted by Gasteiger charge is 2.30. The first-order valence-electron chi connectivity index (χ1n) is 10.7. The minimum Gasteiger partial charge on any atom is -0.378 e. The van der Waals surface area contributed by atoms with Crippen LogP contribution in [-0.2, 0) is 13.1 Å². The van der Waals surface area contributed by atoms with Crippen molar-refractivity contribution in [2.24, 2.45) is 0 Å². The normalized spacial score (nSPS) is 15.9. The average Bonchev–Trinajstić information content (AvgIpc) is 2.77. The summed E-state index contributed by atoms with van der Waals surface area (Å²) in [4.78, 5) is 7.29. The molecule has 0 bridgehead atoms. The van der Waals surface area contributed by atoms with E-state index in [0.29, 0.717) is 0 Å². The predicted octanol–water partition coefficient (Wildman–Crippen LogP) is 6.47. The van der Waals surface area contributed by atoms with Gasteiger partial charge >= 0.3 is 0 Å². The van der Waals surface area contributed by atoms with Crippen molar-refractivity contribution in [2.45, 2.75) is 25.7 Å². The maximum absolute atomic E-state index is 6.11. The molecule has 0 spiro atoms. The van der Waals surface area contributed by atoms with Crippen LogP contribution in [0.2, 0.25) is 10.0 Å². The van der Waals surface area contributed by atoms with Crippen LogP contribution < -0.4 is 4.90 Å². The summed E-state index contributed by atoms with van der Waals surface area (Å²) in [6, 6.07) is 25.4. The minimum absolute atomic E-state index is 0.219. The van der Waals surface area contributed by atoms with Crippen molar-refractivity contribution in [3.05, 3.63) is 99.5 Å². The molecule has 162 valence electrons. The highest BCUT2D eigenvalue weighted by molar-refractivity contribution is 6.30. The second-order valence-electron chi connectivity index (χ2n) is 8.41. The monoisotopic (exact) mass is 453 g/mol. The first kappa shape index (κ1) is 22.2. The van der Waals surface area contributed by atoms with E-state index in [4.69, 9.17) is 23.2 Å². The van der Waals surface area contributed by atoms with Crippen LogP contribution in [0.4, 0.5) is 5.69 Å². The number of hydrogen-bond donors (Lipinski definition) is 0. The summed E-state index contributed by atoms with van der Waals surface area (Å²) in [5.74, 6) is 0. The number of rotatable bonds is 6. The molecule has 1 saturated heterocycles. The summed E-state index contributed by atoms with van der Waals surface area (Å²) >= 11 is 12.2. The SMILES string of the molecule is CN(C)c1ccc(C2N(Cc3ccc(Cl)cc3)CCCN2Cc2ccc(Cl)cc2)cc1. The Kier molecular flexibility index (Phi) is 7.19. The van der Waals surface area contributed by atoms with Gasteiger partial charge in [0.1, 0.15) is 0 Å². The molecule has 0 aliphatic carbocycles. The predicted molar refractivity (Wildman–Crippen MR) is 132 cm³/mol. The molecule has 5 heteroatoms. The first-order valence-corrected chi connectivity index (χ1v) is 11.5. The van der Waals surface area contributed by atoms with Gasteiger partial charge in [0.2, 0.25) is 0 Å². The molecule has 0 amide bonds. The van der Waals surface area contributed by atoms with Crippen LogP contribution in [-0.4, -0.2) is 37.0 Å². The number of benzene rings is 3. The summed E-state index contributed by atoms with van der Waals surface area (Å²) in [6.07, 6.45) is 1.37. The van der Waals surface area contributed by atoms with E-state index in [-0.39, 0.29) is 6.17 Å². The maximum atomic E-state index is 6.11. The van der Waals surface area contributed by atoms with Crippen molar-refractivity contribution >= 4 is 28.9 Å². The molecule has 1 heterocycles. The average molecular weight is 454 g/mol. The lowest BCUT2D eigenvalue weighted by Crippen LogP contribution is -2.46. The van der Waals surface area contributed by atoms with Gasteiger partial charge in [-0.2, -0.15) is 0 Å². The molecule has 0 atom stereocenters. The third-order valence-electron chi connectivity index (χ3n) is 5.89. The molecule has 4 rings (SSSR count). The summed E-state index contributed by atoms with van der Waals surface area (Å²) in [7, 11) is 4.16. The zero-order chi connectivity index (χ0) is 21.8. The van der Waals surface area contributed by atoms with E-state index in [9.17, 15) is 0 Å². The fourth-order valence-electron chi connectivity index (χ4n) is 4.30.